The van der Waals surface area contributed by atoms with E-state index in [1.54, 1.807) is 17.4 Å². The number of nitro groups is 1. The third-order valence-electron chi connectivity index (χ3n) is 2.81. The van der Waals surface area contributed by atoms with Gasteiger partial charge in [0, 0.05) is 17.5 Å². The maximum atomic E-state index is 10.7. The number of anilines is 1. The number of benzene rings is 1. The lowest BCUT2D eigenvalue weighted by atomic mass is 10.3. The number of non-ortho nitro benzene ring substituents is 1. The number of hydrogen-bond acceptors (Lipinski definition) is 6. The zero-order valence-electron chi connectivity index (χ0n) is 10.4. The summed E-state index contributed by atoms with van der Waals surface area (Å²) < 4.78 is 5.46. The number of oxazole rings is 1. The van der Waals surface area contributed by atoms with Crippen molar-refractivity contribution in [2.75, 3.05) is 11.9 Å². The Bertz CT molecular complexity index is 736. The van der Waals surface area contributed by atoms with Gasteiger partial charge in [-0.15, -0.1) is 11.3 Å². The number of fused-ring (bicyclic) bond motifs is 1. The minimum Gasteiger partial charge on any atom is -0.423 e. The Hall–Kier alpha value is -2.41. The largest absolute Gasteiger partial charge is 0.423 e. The maximum Gasteiger partial charge on any atom is 0.295 e. The van der Waals surface area contributed by atoms with E-state index in [-0.39, 0.29) is 5.69 Å². The molecule has 0 saturated heterocycles. The molecule has 0 aliphatic heterocycles. The highest BCUT2D eigenvalue weighted by Crippen LogP contribution is 2.23. The second-order valence-electron chi connectivity index (χ2n) is 4.18. The first-order valence-corrected chi connectivity index (χ1v) is 6.91. The summed E-state index contributed by atoms with van der Waals surface area (Å²) >= 11 is 1.70. The van der Waals surface area contributed by atoms with Gasteiger partial charge in [0.15, 0.2) is 5.58 Å². The van der Waals surface area contributed by atoms with Crippen LogP contribution in [-0.4, -0.2) is 16.5 Å². The highest BCUT2D eigenvalue weighted by molar-refractivity contribution is 7.09. The van der Waals surface area contributed by atoms with Crippen molar-refractivity contribution in [1.82, 2.24) is 4.98 Å². The molecule has 20 heavy (non-hydrogen) atoms. The zero-order chi connectivity index (χ0) is 13.9. The molecule has 3 rings (SSSR count). The van der Waals surface area contributed by atoms with Gasteiger partial charge in [0.25, 0.3) is 11.7 Å². The van der Waals surface area contributed by atoms with E-state index in [2.05, 4.69) is 16.4 Å². The predicted molar refractivity (Wildman–Crippen MR) is 77.2 cm³/mol. The molecule has 7 heteroatoms. The molecule has 0 bridgehead atoms. The fourth-order valence-corrected chi connectivity index (χ4v) is 2.56. The molecule has 2 aromatic heterocycles. The van der Waals surface area contributed by atoms with Crippen LogP contribution in [0.3, 0.4) is 0 Å². The molecule has 0 unspecified atom stereocenters. The van der Waals surface area contributed by atoms with Crippen LogP contribution in [0.5, 0.6) is 0 Å². The van der Waals surface area contributed by atoms with Crippen LogP contribution < -0.4 is 5.32 Å². The second-order valence-corrected chi connectivity index (χ2v) is 5.22. The third kappa shape index (κ3) is 2.62. The first-order valence-electron chi connectivity index (χ1n) is 6.03. The van der Waals surface area contributed by atoms with Gasteiger partial charge in [-0.3, -0.25) is 10.1 Å². The van der Waals surface area contributed by atoms with Crippen molar-refractivity contribution in [2.24, 2.45) is 0 Å². The Labute approximate surface area is 118 Å². The van der Waals surface area contributed by atoms with Crippen LogP contribution in [0.4, 0.5) is 11.7 Å². The summed E-state index contributed by atoms with van der Waals surface area (Å²) in [4.78, 5) is 15.7. The summed E-state index contributed by atoms with van der Waals surface area (Å²) in [7, 11) is 0. The lowest BCUT2D eigenvalue weighted by molar-refractivity contribution is -0.384. The van der Waals surface area contributed by atoms with Crippen molar-refractivity contribution in [1.29, 1.82) is 0 Å². The SMILES string of the molecule is O=[N+]([O-])c1ccc2nc(NCCc3cccs3)oc2c1. The van der Waals surface area contributed by atoms with Crippen molar-refractivity contribution >= 4 is 34.1 Å². The Morgan fingerprint density at radius 2 is 2.30 bits per heavy atom. The highest BCUT2D eigenvalue weighted by Gasteiger charge is 2.11. The van der Waals surface area contributed by atoms with Crippen LogP contribution in [0.1, 0.15) is 4.88 Å². The molecule has 0 spiro atoms. The van der Waals surface area contributed by atoms with Crippen molar-refractivity contribution in [3.05, 3.63) is 50.7 Å². The fourth-order valence-electron chi connectivity index (χ4n) is 1.85. The van der Waals surface area contributed by atoms with Crippen LogP contribution in [0, 0.1) is 10.1 Å². The maximum absolute atomic E-state index is 10.7. The van der Waals surface area contributed by atoms with E-state index < -0.39 is 4.92 Å². The molecule has 3 aromatic rings. The molecule has 0 fully saturated rings. The van der Waals surface area contributed by atoms with Crippen molar-refractivity contribution in [2.45, 2.75) is 6.42 Å². The average Bonchev–Trinajstić information content (AvgIpc) is 3.06. The van der Waals surface area contributed by atoms with Crippen LogP contribution in [0.2, 0.25) is 0 Å². The first-order chi connectivity index (χ1) is 9.72. The molecule has 102 valence electrons. The van der Waals surface area contributed by atoms with Gasteiger partial charge in [-0.1, -0.05) is 6.07 Å². The van der Waals surface area contributed by atoms with Crippen LogP contribution >= 0.6 is 11.3 Å². The normalized spacial score (nSPS) is 10.8. The molecule has 2 heterocycles. The van der Waals surface area contributed by atoms with Gasteiger partial charge in [0.2, 0.25) is 0 Å². The number of hydrogen-bond donors (Lipinski definition) is 1. The Morgan fingerprint density at radius 3 is 3.05 bits per heavy atom. The molecule has 0 amide bonds. The number of thiophene rings is 1. The summed E-state index contributed by atoms with van der Waals surface area (Å²) in [6.45, 7) is 0.704. The van der Waals surface area contributed by atoms with Crippen LogP contribution in [-0.2, 0) is 6.42 Å². The fraction of sp³-hybridized carbons (Fsp3) is 0.154. The van der Waals surface area contributed by atoms with E-state index in [0.717, 1.165) is 6.42 Å². The lowest BCUT2D eigenvalue weighted by Gasteiger charge is -1.98. The zero-order valence-corrected chi connectivity index (χ0v) is 11.2. The molecule has 0 atom stereocenters. The van der Waals surface area contributed by atoms with E-state index in [1.807, 2.05) is 11.4 Å². The van der Waals surface area contributed by atoms with Gasteiger partial charge >= 0.3 is 0 Å². The Balaban J connectivity index is 1.70. The number of nitrogens with one attached hydrogen (secondary N) is 1. The van der Waals surface area contributed by atoms with Gasteiger partial charge in [0.05, 0.1) is 11.0 Å². The van der Waals surface area contributed by atoms with E-state index in [9.17, 15) is 10.1 Å². The molecular weight excluding hydrogens is 278 g/mol. The quantitative estimate of drug-likeness (QED) is 0.574. The topological polar surface area (TPSA) is 81.2 Å². The summed E-state index contributed by atoms with van der Waals surface area (Å²) in [6, 6.07) is 8.85. The van der Waals surface area contributed by atoms with Gasteiger partial charge < -0.3 is 9.73 Å². The predicted octanol–water partition coefficient (Wildman–Crippen LogP) is 3.45. The lowest BCUT2D eigenvalue weighted by Crippen LogP contribution is -2.03. The number of nitrogens with zero attached hydrogens (tertiary/aromatic N) is 2. The number of rotatable bonds is 5. The molecule has 0 aliphatic carbocycles. The van der Waals surface area contributed by atoms with Gasteiger partial charge in [-0.25, -0.2) is 0 Å². The standard InChI is InChI=1S/C13H11N3O3S/c17-16(18)9-3-4-11-12(8-9)19-13(15-11)14-6-5-10-2-1-7-20-10/h1-4,7-8H,5-6H2,(H,14,15). The molecule has 6 nitrogen and oxygen atoms in total. The van der Waals surface area contributed by atoms with Crippen molar-refractivity contribution < 1.29 is 9.34 Å². The summed E-state index contributed by atoms with van der Waals surface area (Å²) in [6.07, 6.45) is 0.885. The third-order valence-corrected chi connectivity index (χ3v) is 3.75. The van der Waals surface area contributed by atoms with Crippen molar-refractivity contribution in [3.8, 4) is 0 Å². The molecule has 0 aliphatic rings. The minimum absolute atomic E-state index is 0.00112. The van der Waals surface area contributed by atoms with Crippen LogP contribution in [0.25, 0.3) is 11.1 Å². The summed E-state index contributed by atoms with van der Waals surface area (Å²) in [5.41, 5.74) is 1.02. The van der Waals surface area contributed by atoms with Crippen LogP contribution in [0.15, 0.2) is 40.1 Å². The number of nitro benzene ring substituents is 1. The summed E-state index contributed by atoms with van der Waals surface area (Å²) in [5, 5.41) is 15.8. The number of aromatic nitrogens is 1. The van der Waals surface area contributed by atoms with Crippen molar-refractivity contribution in [3.63, 3.8) is 0 Å². The van der Waals surface area contributed by atoms with Gasteiger partial charge in [-0.05, 0) is 23.9 Å². The smallest absolute Gasteiger partial charge is 0.295 e. The molecular formula is C13H11N3O3S. The minimum atomic E-state index is -0.453. The molecule has 0 radical (unpaired) electrons. The Kier molecular flexibility index (Phi) is 3.34. The van der Waals surface area contributed by atoms with E-state index in [4.69, 9.17) is 4.42 Å². The average molecular weight is 289 g/mol. The second kappa shape index (κ2) is 5.30. The first kappa shape index (κ1) is 12.6. The van der Waals surface area contributed by atoms with E-state index in [0.29, 0.717) is 23.7 Å². The van der Waals surface area contributed by atoms with Gasteiger partial charge in [-0.2, -0.15) is 4.98 Å². The Morgan fingerprint density at radius 1 is 1.40 bits per heavy atom. The van der Waals surface area contributed by atoms with E-state index >= 15 is 0 Å². The monoisotopic (exact) mass is 289 g/mol. The molecule has 1 N–H and O–H groups in total. The summed E-state index contributed by atoms with van der Waals surface area (Å²) in [5.74, 6) is 0. The molecule has 1 aromatic carbocycles. The van der Waals surface area contributed by atoms with E-state index in [1.165, 1.54) is 17.0 Å². The highest BCUT2D eigenvalue weighted by atomic mass is 32.1. The molecule has 0 saturated carbocycles. The van der Waals surface area contributed by atoms with Gasteiger partial charge in [0.1, 0.15) is 5.52 Å².